The van der Waals surface area contributed by atoms with Crippen molar-refractivity contribution in [3.63, 3.8) is 0 Å². The van der Waals surface area contributed by atoms with Gasteiger partial charge in [-0.1, -0.05) is 34.1 Å². The first-order valence-electron chi connectivity index (χ1n) is 8.38. The lowest BCUT2D eigenvalue weighted by atomic mass is 9.96. The molecule has 0 spiro atoms. The molecular weight excluding hydrogens is 481 g/mol. The van der Waals surface area contributed by atoms with E-state index in [2.05, 4.69) is 55.4 Å². The molecule has 1 aliphatic carbocycles. The number of benzene rings is 1. The molecule has 1 unspecified atom stereocenters. The Balaban J connectivity index is 0.00000208. The largest absolute Gasteiger partial charge is 0.384 e. The predicted molar refractivity (Wildman–Crippen MR) is 113 cm³/mol. The molecule has 6 heteroatoms. The number of methoxy groups -OCH3 is 1. The highest BCUT2D eigenvalue weighted by Crippen LogP contribution is 2.49. The summed E-state index contributed by atoms with van der Waals surface area (Å²) in [5.74, 6) is 1.65. The van der Waals surface area contributed by atoms with Gasteiger partial charge in [-0.15, -0.1) is 24.0 Å². The molecule has 0 aromatic heterocycles. The van der Waals surface area contributed by atoms with E-state index in [1.54, 1.807) is 7.11 Å². The van der Waals surface area contributed by atoms with E-state index in [9.17, 15) is 0 Å². The second-order valence-electron chi connectivity index (χ2n) is 6.72. The van der Waals surface area contributed by atoms with Crippen molar-refractivity contribution < 1.29 is 4.74 Å². The fourth-order valence-electron chi connectivity index (χ4n) is 3.56. The third-order valence-electron chi connectivity index (χ3n) is 5.08. The lowest BCUT2D eigenvalue weighted by Gasteiger charge is -2.25. The number of ether oxygens (including phenoxy) is 1. The van der Waals surface area contributed by atoms with Gasteiger partial charge < -0.3 is 15.0 Å². The summed E-state index contributed by atoms with van der Waals surface area (Å²) in [6, 6.07) is 8.59. The first kappa shape index (κ1) is 20.0. The number of hydrogen-bond acceptors (Lipinski definition) is 2. The van der Waals surface area contributed by atoms with E-state index in [1.165, 1.54) is 29.3 Å². The summed E-state index contributed by atoms with van der Waals surface area (Å²) < 4.78 is 6.51. The standard InChI is InChI=1S/C18H26BrN3O.HI/c1-20-17(22-10-7-14(11-22)12-23-2)21-13-18(8-9-18)15-5-3-4-6-16(15)19;/h3-6,14H,7-13H2,1-2H3,(H,20,21);1H. The van der Waals surface area contributed by atoms with Crippen LogP contribution in [0, 0.1) is 5.92 Å². The Labute approximate surface area is 170 Å². The number of rotatable bonds is 5. The summed E-state index contributed by atoms with van der Waals surface area (Å²) in [6.07, 6.45) is 3.67. The molecule has 1 atom stereocenters. The number of hydrogen-bond donors (Lipinski definition) is 1. The topological polar surface area (TPSA) is 36.9 Å². The lowest BCUT2D eigenvalue weighted by molar-refractivity contribution is 0.157. The highest BCUT2D eigenvalue weighted by atomic mass is 127. The first-order valence-corrected chi connectivity index (χ1v) is 9.17. The molecule has 1 saturated carbocycles. The zero-order valence-electron chi connectivity index (χ0n) is 14.4. The average Bonchev–Trinajstić information content (AvgIpc) is 3.20. The van der Waals surface area contributed by atoms with Gasteiger partial charge in [0, 0.05) is 49.6 Å². The fourth-order valence-corrected chi connectivity index (χ4v) is 4.27. The molecule has 1 saturated heterocycles. The first-order chi connectivity index (χ1) is 11.2. The van der Waals surface area contributed by atoms with Crippen molar-refractivity contribution in [1.29, 1.82) is 0 Å². The number of nitrogens with zero attached hydrogens (tertiary/aromatic N) is 2. The molecule has 1 heterocycles. The molecule has 2 aliphatic rings. The van der Waals surface area contributed by atoms with Crippen LogP contribution < -0.4 is 5.32 Å². The van der Waals surface area contributed by atoms with Gasteiger partial charge >= 0.3 is 0 Å². The molecule has 1 aromatic carbocycles. The van der Waals surface area contributed by atoms with Crippen LogP contribution in [0.15, 0.2) is 33.7 Å². The molecule has 0 radical (unpaired) electrons. The average molecular weight is 508 g/mol. The van der Waals surface area contributed by atoms with E-state index in [4.69, 9.17) is 4.74 Å². The monoisotopic (exact) mass is 507 g/mol. The van der Waals surface area contributed by atoms with Gasteiger partial charge in [0.25, 0.3) is 0 Å². The van der Waals surface area contributed by atoms with Crippen molar-refractivity contribution in [1.82, 2.24) is 10.2 Å². The summed E-state index contributed by atoms with van der Waals surface area (Å²) in [6.45, 7) is 3.90. The molecular formula is C18H27BrIN3O. The number of guanidine groups is 1. The molecule has 0 amide bonds. The second kappa shape index (κ2) is 8.85. The van der Waals surface area contributed by atoms with Crippen molar-refractivity contribution in [2.75, 3.05) is 40.4 Å². The molecule has 3 rings (SSSR count). The SMILES string of the molecule is CN=C(NCC1(c2ccccc2Br)CC1)N1CCC(COC)C1.I. The van der Waals surface area contributed by atoms with Crippen molar-refractivity contribution in [2.24, 2.45) is 10.9 Å². The Morgan fingerprint density at radius 3 is 2.79 bits per heavy atom. The quantitative estimate of drug-likeness (QED) is 0.375. The zero-order chi connectivity index (χ0) is 16.3. The number of likely N-dealkylation sites (tertiary alicyclic amines) is 1. The Morgan fingerprint density at radius 1 is 1.42 bits per heavy atom. The van der Waals surface area contributed by atoms with E-state index in [0.29, 0.717) is 5.92 Å². The third kappa shape index (κ3) is 4.43. The van der Waals surface area contributed by atoms with Crippen molar-refractivity contribution in [2.45, 2.75) is 24.7 Å². The minimum atomic E-state index is 0. The number of aliphatic imine (C=N–C) groups is 1. The lowest BCUT2D eigenvalue weighted by Crippen LogP contribution is -2.43. The van der Waals surface area contributed by atoms with Crippen LogP contribution in [0.5, 0.6) is 0 Å². The van der Waals surface area contributed by atoms with Crippen LogP contribution in [-0.2, 0) is 10.2 Å². The molecule has 2 fully saturated rings. The van der Waals surface area contributed by atoms with Gasteiger partial charge in [-0.3, -0.25) is 4.99 Å². The van der Waals surface area contributed by atoms with E-state index >= 15 is 0 Å². The fraction of sp³-hybridized carbons (Fsp3) is 0.611. The summed E-state index contributed by atoms with van der Waals surface area (Å²) in [5, 5.41) is 3.62. The number of halogens is 2. The maximum atomic E-state index is 5.29. The molecule has 24 heavy (non-hydrogen) atoms. The van der Waals surface area contributed by atoms with Crippen LogP contribution in [0.25, 0.3) is 0 Å². The Bertz CT molecular complexity index is 577. The maximum absolute atomic E-state index is 5.29. The molecule has 1 N–H and O–H groups in total. The highest BCUT2D eigenvalue weighted by molar-refractivity contribution is 14.0. The van der Waals surface area contributed by atoms with Crippen molar-refractivity contribution in [3.8, 4) is 0 Å². The summed E-state index contributed by atoms with van der Waals surface area (Å²) in [7, 11) is 3.66. The Morgan fingerprint density at radius 2 is 2.17 bits per heavy atom. The molecule has 4 nitrogen and oxygen atoms in total. The van der Waals surface area contributed by atoms with Crippen LogP contribution in [0.1, 0.15) is 24.8 Å². The summed E-state index contributed by atoms with van der Waals surface area (Å²) in [5.41, 5.74) is 1.68. The van der Waals surface area contributed by atoms with E-state index in [1.807, 2.05) is 7.05 Å². The van der Waals surface area contributed by atoms with Crippen LogP contribution in [-0.4, -0.2) is 51.3 Å². The Hall–Kier alpha value is -0.340. The van der Waals surface area contributed by atoms with Gasteiger partial charge in [-0.25, -0.2) is 0 Å². The van der Waals surface area contributed by atoms with Crippen molar-refractivity contribution in [3.05, 3.63) is 34.3 Å². The van der Waals surface area contributed by atoms with Crippen molar-refractivity contribution >= 4 is 45.9 Å². The smallest absolute Gasteiger partial charge is 0.193 e. The van der Waals surface area contributed by atoms with Gasteiger partial charge in [0.2, 0.25) is 0 Å². The van der Waals surface area contributed by atoms with Crippen LogP contribution in [0.2, 0.25) is 0 Å². The van der Waals surface area contributed by atoms with E-state index in [-0.39, 0.29) is 29.4 Å². The summed E-state index contributed by atoms with van der Waals surface area (Å²) >= 11 is 3.71. The van der Waals surface area contributed by atoms with Crippen LogP contribution in [0.4, 0.5) is 0 Å². The highest BCUT2D eigenvalue weighted by Gasteiger charge is 2.45. The number of nitrogens with one attached hydrogen (secondary N) is 1. The van der Waals surface area contributed by atoms with Gasteiger partial charge in [-0.2, -0.15) is 0 Å². The second-order valence-corrected chi connectivity index (χ2v) is 7.57. The zero-order valence-corrected chi connectivity index (χ0v) is 18.3. The summed E-state index contributed by atoms with van der Waals surface area (Å²) in [4.78, 5) is 6.85. The van der Waals surface area contributed by atoms with Gasteiger partial charge in [-0.05, 0) is 30.9 Å². The maximum Gasteiger partial charge on any atom is 0.193 e. The molecule has 134 valence electrons. The van der Waals surface area contributed by atoms with Gasteiger partial charge in [0.1, 0.15) is 0 Å². The molecule has 1 aliphatic heterocycles. The predicted octanol–water partition coefficient (Wildman–Crippen LogP) is 3.64. The normalized spacial score (nSPS) is 22.2. The van der Waals surface area contributed by atoms with E-state index < -0.39 is 0 Å². The van der Waals surface area contributed by atoms with Crippen LogP contribution in [0.3, 0.4) is 0 Å². The third-order valence-corrected chi connectivity index (χ3v) is 5.77. The van der Waals surface area contributed by atoms with E-state index in [0.717, 1.165) is 32.2 Å². The van der Waals surface area contributed by atoms with Gasteiger partial charge in [0.05, 0.1) is 6.61 Å². The molecule has 1 aromatic rings. The van der Waals surface area contributed by atoms with Crippen LogP contribution >= 0.6 is 39.9 Å². The minimum Gasteiger partial charge on any atom is -0.384 e. The minimum absolute atomic E-state index is 0. The molecule has 0 bridgehead atoms. The Kier molecular flexibility index (Phi) is 7.37. The van der Waals surface area contributed by atoms with Gasteiger partial charge in [0.15, 0.2) is 5.96 Å².